The third-order valence-corrected chi connectivity index (χ3v) is 4.39. The molecule has 2 aromatic rings. The molecule has 2 atom stereocenters. The zero-order valence-electron chi connectivity index (χ0n) is 13.3. The second-order valence-corrected chi connectivity index (χ2v) is 6.10. The number of halogens is 1. The van der Waals surface area contributed by atoms with Gasteiger partial charge < -0.3 is 10.1 Å². The topological polar surface area (TPSA) is 65.1 Å². The lowest BCUT2D eigenvalue weighted by atomic mass is 9.91. The van der Waals surface area contributed by atoms with E-state index in [0.717, 1.165) is 32.2 Å². The molecule has 0 aliphatic carbocycles. The molecule has 0 spiro atoms. The molecule has 0 saturated carbocycles. The van der Waals surface area contributed by atoms with Crippen molar-refractivity contribution in [3.05, 3.63) is 58.7 Å². The van der Waals surface area contributed by atoms with Crippen LogP contribution in [0.3, 0.4) is 0 Å². The van der Waals surface area contributed by atoms with Crippen LogP contribution in [0.1, 0.15) is 31.1 Å². The molecule has 0 bridgehead atoms. The van der Waals surface area contributed by atoms with Crippen LogP contribution in [0.5, 0.6) is 0 Å². The quantitative estimate of drug-likeness (QED) is 0.698. The van der Waals surface area contributed by atoms with E-state index in [1.54, 1.807) is 6.08 Å². The molecule has 2 heterocycles. The summed E-state index contributed by atoms with van der Waals surface area (Å²) < 4.78 is 0.973. The largest absolute Gasteiger partial charge is 0.480 e. The monoisotopic (exact) mass is 376 g/mol. The Morgan fingerprint density at radius 3 is 2.74 bits per heavy atom. The zero-order valence-corrected chi connectivity index (χ0v) is 14.9. The molecular formula is C18H21BrN2O2. The highest BCUT2D eigenvalue weighted by molar-refractivity contribution is 9.10. The molecular weight excluding hydrogens is 356 g/mol. The minimum Gasteiger partial charge on any atom is -0.480 e. The first-order chi connectivity index (χ1) is 11.0. The van der Waals surface area contributed by atoms with Crippen LogP contribution in [0.25, 0.3) is 10.9 Å². The Bertz CT molecular complexity index is 764. The smallest absolute Gasteiger partial charge is 0.321 e. The van der Waals surface area contributed by atoms with E-state index in [1.807, 2.05) is 32.0 Å². The Morgan fingerprint density at radius 1 is 1.43 bits per heavy atom. The number of rotatable bonds is 3. The number of benzene rings is 1. The van der Waals surface area contributed by atoms with Gasteiger partial charge in [-0.2, -0.15) is 0 Å². The van der Waals surface area contributed by atoms with Crippen LogP contribution in [0.4, 0.5) is 0 Å². The fourth-order valence-corrected chi connectivity index (χ4v) is 3.18. The van der Waals surface area contributed by atoms with Gasteiger partial charge in [0.15, 0.2) is 0 Å². The molecule has 1 aliphatic heterocycles. The van der Waals surface area contributed by atoms with Gasteiger partial charge in [-0.25, -0.2) is 0 Å². The van der Waals surface area contributed by atoms with Gasteiger partial charge in [0, 0.05) is 27.5 Å². The molecule has 1 aliphatic rings. The summed E-state index contributed by atoms with van der Waals surface area (Å²) >= 11 is 3.47. The molecule has 1 aromatic heterocycles. The van der Waals surface area contributed by atoms with Gasteiger partial charge in [-0.1, -0.05) is 49.0 Å². The normalized spacial score (nSPS) is 19.4. The summed E-state index contributed by atoms with van der Waals surface area (Å²) in [6.45, 7) is 11.7. The number of nitrogens with one attached hydrogen (secondary N) is 2. The third kappa shape index (κ3) is 3.26. The number of fused-ring (bicyclic) bond motifs is 3. The number of carboxylic acid groups (broad SMARTS) is 1. The lowest BCUT2D eigenvalue weighted by Gasteiger charge is -2.29. The lowest BCUT2D eigenvalue weighted by Crippen LogP contribution is -2.44. The number of H-pyrrole nitrogens is 1. The summed E-state index contributed by atoms with van der Waals surface area (Å²) in [7, 11) is 0. The summed E-state index contributed by atoms with van der Waals surface area (Å²) in [5.74, 6) is -0.855. The number of carboxylic acids is 1. The van der Waals surface area contributed by atoms with Gasteiger partial charge in [0.05, 0.1) is 6.04 Å². The van der Waals surface area contributed by atoms with Crippen molar-refractivity contribution < 1.29 is 9.90 Å². The van der Waals surface area contributed by atoms with E-state index in [1.165, 1.54) is 0 Å². The van der Waals surface area contributed by atoms with Crippen LogP contribution in [0, 0.1) is 0 Å². The summed E-state index contributed by atoms with van der Waals surface area (Å²) in [6, 6.07) is 5.09. The van der Waals surface area contributed by atoms with E-state index in [4.69, 9.17) is 0 Å². The predicted molar refractivity (Wildman–Crippen MR) is 97.7 cm³/mol. The maximum atomic E-state index is 11.4. The Balaban J connectivity index is 0.000000924. The van der Waals surface area contributed by atoms with Gasteiger partial charge in [0.25, 0.3) is 0 Å². The maximum Gasteiger partial charge on any atom is 0.321 e. The highest BCUT2D eigenvalue weighted by Crippen LogP contribution is 2.36. The highest BCUT2D eigenvalue weighted by atomic mass is 79.9. The fraction of sp³-hybridized carbons (Fsp3) is 0.278. The van der Waals surface area contributed by atoms with Gasteiger partial charge in [-0.15, -0.1) is 0 Å². The molecule has 0 amide bonds. The number of aromatic amines is 1. The molecule has 4 nitrogen and oxygen atoms in total. The molecule has 3 N–H and O–H groups in total. The maximum absolute atomic E-state index is 11.4. The second kappa shape index (κ2) is 7.15. The first-order valence-corrected chi connectivity index (χ1v) is 8.40. The minimum absolute atomic E-state index is 0.251. The van der Waals surface area contributed by atoms with Crippen molar-refractivity contribution in [2.45, 2.75) is 32.4 Å². The van der Waals surface area contributed by atoms with E-state index in [9.17, 15) is 9.90 Å². The van der Waals surface area contributed by atoms with Crippen LogP contribution >= 0.6 is 15.9 Å². The first-order valence-electron chi connectivity index (χ1n) is 7.61. The summed E-state index contributed by atoms with van der Waals surface area (Å²) in [5.41, 5.74) is 3.77. The van der Waals surface area contributed by atoms with Gasteiger partial charge in [-0.3, -0.25) is 10.1 Å². The molecule has 0 saturated heterocycles. The third-order valence-electron chi connectivity index (χ3n) is 3.90. The van der Waals surface area contributed by atoms with Gasteiger partial charge >= 0.3 is 5.97 Å². The molecule has 0 fully saturated rings. The van der Waals surface area contributed by atoms with Crippen LogP contribution in [0.2, 0.25) is 0 Å². The molecule has 122 valence electrons. The summed E-state index contributed by atoms with van der Waals surface area (Å²) in [4.78, 5) is 14.8. The van der Waals surface area contributed by atoms with Crippen molar-refractivity contribution in [3.63, 3.8) is 0 Å². The molecule has 23 heavy (non-hydrogen) atoms. The zero-order chi connectivity index (χ0) is 17.1. The van der Waals surface area contributed by atoms with E-state index in [0.29, 0.717) is 6.42 Å². The molecule has 5 heteroatoms. The van der Waals surface area contributed by atoms with Crippen molar-refractivity contribution in [3.8, 4) is 0 Å². The van der Waals surface area contributed by atoms with E-state index < -0.39 is 12.0 Å². The average molecular weight is 377 g/mol. The average Bonchev–Trinajstić information content (AvgIpc) is 2.93. The van der Waals surface area contributed by atoms with E-state index in [2.05, 4.69) is 39.4 Å². The van der Waals surface area contributed by atoms with Crippen molar-refractivity contribution in [2.75, 3.05) is 0 Å². The lowest BCUT2D eigenvalue weighted by molar-refractivity contribution is -0.139. The van der Waals surface area contributed by atoms with Gasteiger partial charge in [0.1, 0.15) is 6.04 Å². The molecule has 0 radical (unpaired) electrons. The Kier molecular flexibility index (Phi) is 5.44. The Morgan fingerprint density at radius 2 is 2.13 bits per heavy atom. The number of carbonyl (C=O) groups is 1. The predicted octanol–water partition coefficient (Wildman–Crippen LogP) is 4.34. The summed E-state index contributed by atoms with van der Waals surface area (Å²) in [6.07, 6.45) is 2.11. The van der Waals surface area contributed by atoms with E-state index >= 15 is 0 Å². The van der Waals surface area contributed by atoms with Crippen molar-refractivity contribution in [1.29, 1.82) is 0 Å². The number of aliphatic carboxylic acids is 1. The standard InChI is InChI=1S/C16H15BrN2O2.C2H6/c1-3-8(2)14-15-11(7-13(19-14)16(20)21)10-6-9(17)4-5-12(10)18-15;1-2/h3-6,13-14,18-19H,1-2,7H2,(H,20,21);1-2H3. The van der Waals surface area contributed by atoms with Crippen molar-refractivity contribution >= 4 is 32.8 Å². The summed E-state index contributed by atoms with van der Waals surface area (Å²) in [5, 5.41) is 13.5. The molecule has 1 aromatic carbocycles. The van der Waals surface area contributed by atoms with Crippen molar-refractivity contribution in [2.24, 2.45) is 0 Å². The number of aromatic nitrogens is 1. The Hall–Kier alpha value is -1.85. The van der Waals surface area contributed by atoms with Crippen LogP contribution in [0.15, 0.2) is 47.5 Å². The SMILES string of the molecule is C=CC(=C)C1NC(C(=O)O)Cc2c1[nH]c1ccc(Br)cc21.CC. The molecule has 3 rings (SSSR count). The highest BCUT2D eigenvalue weighted by Gasteiger charge is 2.33. The number of hydrogen-bond acceptors (Lipinski definition) is 2. The Labute approximate surface area is 144 Å². The van der Waals surface area contributed by atoms with Crippen molar-refractivity contribution in [1.82, 2.24) is 10.3 Å². The fourth-order valence-electron chi connectivity index (χ4n) is 2.82. The van der Waals surface area contributed by atoms with Crippen LogP contribution in [-0.4, -0.2) is 22.1 Å². The molecule has 2 unspecified atom stereocenters. The first kappa shape index (κ1) is 17.5. The van der Waals surface area contributed by atoms with Gasteiger partial charge in [-0.05, 0) is 29.3 Å². The number of hydrogen-bond donors (Lipinski definition) is 3. The van der Waals surface area contributed by atoms with Crippen LogP contribution in [-0.2, 0) is 11.2 Å². The minimum atomic E-state index is -0.855. The van der Waals surface area contributed by atoms with Crippen LogP contribution < -0.4 is 5.32 Å². The van der Waals surface area contributed by atoms with Gasteiger partial charge in [0.2, 0.25) is 0 Å². The second-order valence-electron chi connectivity index (χ2n) is 5.18. The van der Waals surface area contributed by atoms with E-state index in [-0.39, 0.29) is 6.04 Å².